The third-order valence-electron chi connectivity index (χ3n) is 3.29. The van der Waals surface area contributed by atoms with Gasteiger partial charge in [-0.3, -0.25) is 0 Å². The number of fused-ring (bicyclic) bond motifs is 1. The molecule has 19 heavy (non-hydrogen) atoms. The van der Waals surface area contributed by atoms with Crippen molar-refractivity contribution in [1.29, 1.82) is 0 Å². The minimum atomic E-state index is -2.98. The van der Waals surface area contributed by atoms with Gasteiger partial charge in [0, 0.05) is 18.1 Å². The average Bonchev–Trinajstić information content (AvgIpc) is 2.36. The van der Waals surface area contributed by atoms with Crippen LogP contribution in [0.3, 0.4) is 0 Å². The number of rotatable bonds is 1. The van der Waals surface area contributed by atoms with Crippen molar-refractivity contribution < 1.29 is 8.42 Å². The summed E-state index contributed by atoms with van der Waals surface area (Å²) in [4.78, 5) is 10.5. The van der Waals surface area contributed by atoms with Crippen molar-refractivity contribution >= 4 is 26.4 Å². The van der Waals surface area contributed by atoms with Gasteiger partial charge < -0.3 is 4.90 Å². The summed E-state index contributed by atoms with van der Waals surface area (Å²) in [5.41, 5.74) is 1.71. The van der Waals surface area contributed by atoms with Crippen LogP contribution in [0.4, 0.5) is 5.69 Å². The van der Waals surface area contributed by atoms with Crippen LogP contribution >= 0.6 is 0 Å². The van der Waals surface area contributed by atoms with Gasteiger partial charge in [0.05, 0.1) is 17.0 Å². The van der Waals surface area contributed by atoms with E-state index in [2.05, 4.69) is 9.97 Å². The molecule has 6 heteroatoms. The van der Waals surface area contributed by atoms with E-state index in [4.69, 9.17) is 0 Å². The number of sulfone groups is 1. The van der Waals surface area contributed by atoms with Gasteiger partial charge in [-0.1, -0.05) is 12.1 Å². The summed E-state index contributed by atoms with van der Waals surface area (Å²) in [7, 11) is -2.98. The van der Waals surface area contributed by atoms with E-state index in [1.54, 1.807) is 6.20 Å². The van der Waals surface area contributed by atoms with Gasteiger partial charge in [0.1, 0.15) is 11.7 Å². The Morgan fingerprint density at radius 2 is 2.16 bits per heavy atom. The predicted molar refractivity (Wildman–Crippen MR) is 74.9 cm³/mol. The van der Waals surface area contributed by atoms with Gasteiger partial charge in [0.2, 0.25) is 0 Å². The summed E-state index contributed by atoms with van der Waals surface area (Å²) in [6.45, 7) is 2.59. The Morgan fingerprint density at radius 3 is 2.95 bits per heavy atom. The average molecular weight is 277 g/mol. The number of nitrogens with zero attached hydrogens (tertiary/aromatic N) is 3. The summed E-state index contributed by atoms with van der Waals surface area (Å²) in [6.07, 6.45) is 2.45. The second kappa shape index (κ2) is 4.45. The Bertz CT molecular complexity index is 728. The molecule has 0 N–H and O–H groups in total. The van der Waals surface area contributed by atoms with Crippen LogP contribution in [0, 0.1) is 6.92 Å². The fourth-order valence-corrected chi connectivity index (χ4v) is 3.86. The van der Waals surface area contributed by atoms with E-state index in [-0.39, 0.29) is 11.6 Å². The molecule has 2 aromatic rings. The van der Waals surface area contributed by atoms with E-state index in [0.29, 0.717) is 12.2 Å². The standard InChI is InChI=1S/C13H15N3O2S/c1-10-14-8-11-4-2-5-12(13(11)15-10)16-6-3-7-19(17,18)9-16/h2,4-5,8H,3,6-7,9H2,1H3. The first-order valence-electron chi connectivity index (χ1n) is 6.23. The van der Waals surface area contributed by atoms with Crippen molar-refractivity contribution in [1.82, 2.24) is 9.97 Å². The van der Waals surface area contributed by atoms with Crippen LogP contribution in [-0.4, -0.2) is 36.6 Å². The van der Waals surface area contributed by atoms with Crippen molar-refractivity contribution in [2.24, 2.45) is 0 Å². The van der Waals surface area contributed by atoms with Crippen molar-refractivity contribution in [2.75, 3.05) is 23.1 Å². The summed E-state index contributed by atoms with van der Waals surface area (Å²) in [6, 6.07) is 5.78. The highest BCUT2D eigenvalue weighted by atomic mass is 32.2. The summed E-state index contributed by atoms with van der Waals surface area (Å²) in [5.74, 6) is 1.05. The van der Waals surface area contributed by atoms with Crippen molar-refractivity contribution in [3.8, 4) is 0 Å². The second-order valence-corrected chi connectivity index (χ2v) is 6.98. The lowest BCUT2D eigenvalue weighted by molar-refractivity contribution is 0.582. The monoisotopic (exact) mass is 277 g/mol. The van der Waals surface area contributed by atoms with Gasteiger partial charge in [-0.05, 0) is 19.4 Å². The van der Waals surface area contributed by atoms with Gasteiger partial charge in [0.25, 0.3) is 0 Å². The SMILES string of the molecule is Cc1ncc2cccc(N3CCCS(=O)(=O)C3)c2n1. The number of hydrogen-bond acceptors (Lipinski definition) is 5. The number of aromatic nitrogens is 2. The van der Waals surface area contributed by atoms with Crippen LogP contribution in [0.5, 0.6) is 0 Å². The van der Waals surface area contributed by atoms with Gasteiger partial charge in [0.15, 0.2) is 9.84 Å². The second-order valence-electron chi connectivity index (χ2n) is 4.83. The van der Waals surface area contributed by atoms with E-state index < -0.39 is 9.84 Å². The Hall–Kier alpha value is -1.69. The van der Waals surface area contributed by atoms with Crippen LogP contribution in [0.15, 0.2) is 24.4 Å². The molecule has 1 aliphatic rings. The summed E-state index contributed by atoms with van der Waals surface area (Å²) < 4.78 is 23.5. The molecule has 0 aliphatic carbocycles. The minimum Gasteiger partial charge on any atom is -0.356 e. The quantitative estimate of drug-likeness (QED) is 0.791. The fourth-order valence-electron chi connectivity index (χ4n) is 2.42. The fraction of sp³-hybridized carbons (Fsp3) is 0.385. The summed E-state index contributed by atoms with van der Waals surface area (Å²) in [5, 5.41) is 0.936. The third-order valence-corrected chi connectivity index (χ3v) is 4.90. The number of para-hydroxylation sites is 1. The molecule has 0 amide bonds. The molecule has 0 spiro atoms. The maximum Gasteiger partial charge on any atom is 0.168 e. The number of benzene rings is 1. The van der Waals surface area contributed by atoms with Crippen molar-refractivity contribution in [3.05, 3.63) is 30.2 Å². The zero-order chi connectivity index (χ0) is 13.5. The van der Waals surface area contributed by atoms with E-state index >= 15 is 0 Å². The van der Waals surface area contributed by atoms with Gasteiger partial charge in [-0.25, -0.2) is 18.4 Å². The van der Waals surface area contributed by atoms with Crippen LogP contribution in [0.2, 0.25) is 0 Å². The molecule has 5 nitrogen and oxygen atoms in total. The molecular formula is C13H15N3O2S. The lowest BCUT2D eigenvalue weighted by Gasteiger charge is -2.29. The Balaban J connectivity index is 2.12. The molecule has 2 heterocycles. The maximum atomic E-state index is 11.8. The molecular weight excluding hydrogens is 262 g/mol. The predicted octanol–water partition coefficient (Wildman–Crippen LogP) is 1.52. The lowest BCUT2D eigenvalue weighted by Crippen LogP contribution is -2.38. The van der Waals surface area contributed by atoms with Gasteiger partial charge >= 0.3 is 0 Å². The van der Waals surface area contributed by atoms with Crippen molar-refractivity contribution in [2.45, 2.75) is 13.3 Å². The van der Waals surface area contributed by atoms with Gasteiger partial charge in [-0.15, -0.1) is 0 Å². The Morgan fingerprint density at radius 1 is 1.32 bits per heavy atom. The van der Waals surface area contributed by atoms with E-state index in [1.807, 2.05) is 30.0 Å². The van der Waals surface area contributed by atoms with Crippen LogP contribution in [0.25, 0.3) is 10.9 Å². The topological polar surface area (TPSA) is 63.2 Å². The molecule has 1 aliphatic heterocycles. The molecule has 100 valence electrons. The largest absolute Gasteiger partial charge is 0.356 e. The highest BCUT2D eigenvalue weighted by Crippen LogP contribution is 2.27. The highest BCUT2D eigenvalue weighted by molar-refractivity contribution is 7.91. The first-order valence-corrected chi connectivity index (χ1v) is 8.05. The smallest absolute Gasteiger partial charge is 0.168 e. The first-order chi connectivity index (χ1) is 9.05. The lowest BCUT2D eigenvalue weighted by atomic mass is 10.2. The number of aryl methyl sites for hydroxylation is 1. The van der Waals surface area contributed by atoms with Crippen LogP contribution in [-0.2, 0) is 9.84 Å². The molecule has 1 saturated heterocycles. The molecule has 1 aromatic heterocycles. The normalized spacial score (nSPS) is 18.7. The third kappa shape index (κ3) is 2.40. The van der Waals surface area contributed by atoms with Gasteiger partial charge in [-0.2, -0.15) is 0 Å². The van der Waals surface area contributed by atoms with E-state index in [9.17, 15) is 8.42 Å². The molecule has 0 radical (unpaired) electrons. The molecule has 1 fully saturated rings. The number of anilines is 1. The van der Waals surface area contributed by atoms with Crippen molar-refractivity contribution in [3.63, 3.8) is 0 Å². The maximum absolute atomic E-state index is 11.8. The van der Waals surface area contributed by atoms with E-state index in [1.165, 1.54) is 0 Å². The molecule has 3 rings (SSSR count). The minimum absolute atomic E-state index is 0.0785. The first kappa shape index (κ1) is 12.3. The molecule has 1 aromatic carbocycles. The van der Waals surface area contributed by atoms with Crippen LogP contribution < -0.4 is 4.90 Å². The molecule has 0 saturated carbocycles. The Kier molecular flexibility index (Phi) is 2.89. The summed E-state index contributed by atoms with van der Waals surface area (Å²) >= 11 is 0. The molecule has 0 unspecified atom stereocenters. The highest BCUT2D eigenvalue weighted by Gasteiger charge is 2.24. The Labute approximate surface area is 112 Å². The number of hydrogen-bond donors (Lipinski definition) is 0. The van der Waals surface area contributed by atoms with Crippen LogP contribution in [0.1, 0.15) is 12.2 Å². The zero-order valence-electron chi connectivity index (χ0n) is 10.7. The van der Waals surface area contributed by atoms with E-state index in [0.717, 1.165) is 23.1 Å². The molecule has 0 atom stereocenters. The molecule has 0 bridgehead atoms. The zero-order valence-corrected chi connectivity index (χ0v) is 11.5.